The Labute approximate surface area is 171 Å². The molecule has 0 bridgehead atoms. The van der Waals surface area contributed by atoms with E-state index in [0.717, 1.165) is 42.1 Å². The normalized spacial score (nSPS) is 17.3. The molecule has 7 nitrogen and oxygen atoms in total. The minimum atomic E-state index is 0.0168. The second-order valence-electron chi connectivity index (χ2n) is 7.98. The molecular weight excluding hydrogens is 364 g/mol. The van der Waals surface area contributed by atoms with Gasteiger partial charge in [-0.15, -0.1) is 0 Å². The summed E-state index contributed by atoms with van der Waals surface area (Å²) in [6.07, 6.45) is 2.32. The van der Waals surface area contributed by atoms with Gasteiger partial charge in [-0.3, -0.25) is 14.4 Å². The topological polar surface area (TPSA) is 59.2 Å². The molecule has 0 unspecified atom stereocenters. The Bertz CT molecular complexity index is 1020. The van der Waals surface area contributed by atoms with Crippen molar-refractivity contribution in [3.63, 3.8) is 0 Å². The van der Waals surface area contributed by atoms with Crippen molar-refractivity contribution >= 4 is 16.9 Å². The van der Waals surface area contributed by atoms with Crippen LogP contribution >= 0.6 is 0 Å². The fourth-order valence-corrected chi connectivity index (χ4v) is 4.47. The predicted molar refractivity (Wildman–Crippen MR) is 114 cm³/mol. The van der Waals surface area contributed by atoms with Gasteiger partial charge in [0.05, 0.1) is 23.3 Å². The number of rotatable bonds is 6. The van der Waals surface area contributed by atoms with Gasteiger partial charge in [-0.2, -0.15) is 5.10 Å². The Morgan fingerprint density at radius 3 is 2.76 bits per heavy atom. The summed E-state index contributed by atoms with van der Waals surface area (Å²) in [5.41, 5.74) is 3.53. The molecule has 0 spiro atoms. The number of likely N-dealkylation sites (N-methyl/N-ethyl adjacent to an activating group) is 1. The predicted octanol–water partition coefficient (Wildman–Crippen LogP) is 2.74. The highest BCUT2D eigenvalue weighted by Gasteiger charge is 2.29. The van der Waals surface area contributed by atoms with Gasteiger partial charge in [-0.05, 0) is 51.1 Å². The Hall–Kier alpha value is -2.67. The second-order valence-corrected chi connectivity index (χ2v) is 7.98. The van der Waals surface area contributed by atoms with Crippen molar-refractivity contribution in [2.45, 2.75) is 39.3 Å². The van der Waals surface area contributed by atoms with Crippen LogP contribution in [0.4, 0.5) is 0 Å². The van der Waals surface area contributed by atoms with Gasteiger partial charge in [-0.25, -0.2) is 4.98 Å². The fraction of sp³-hybridized carbons (Fsp3) is 0.500. The van der Waals surface area contributed by atoms with Gasteiger partial charge in [0.2, 0.25) is 0 Å². The van der Waals surface area contributed by atoms with E-state index in [1.165, 1.54) is 6.42 Å². The lowest BCUT2D eigenvalue weighted by Crippen LogP contribution is -2.43. The summed E-state index contributed by atoms with van der Waals surface area (Å²) in [5.74, 6) is 0.919. The first-order valence-electron chi connectivity index (χ1n) is 10.4. The molecule has 2 aromatic heterocycles. The van der Waals surface area contributed by atoms with Gasteiger partial charge < -0.3 is 9.47 Å². The minimum Gasteiger partial charge on any atom is -0.330 e. The fourth-order valence-electron chi connectivity index (χ4n) is 4.47. The molecule has 4 rings (SSSR count). The van der Waals surface area contributed by atoms with Gasteiger partial charge in [0.1, 0.15) is 11.5 Å². The summed E-state index contributed by atoms with van der Waals surface area (Å²) in [4.78, 5) is 22.7. The van der Waals surface area contributed by atoms with Crippen molar-refractivity contribution in [3.8, 4) is 0 Å². The molecule has 1 aromatic carbocycles. The zero-order valence-corrected chi connectivity index (χ0v) is 17.8. The lowest BCUT2D eigenvalue weighted by molar-refractivity contribution is 0.0674. The maximum Gasteiger partial charge on any atom is 0.272 e. The number of carbonyl (C=O) groups excluding carboxylic acids is 1. The van der Waals surface area contributed by atoms with E-state index in [4.69, 9.17) is 4.98 Å². The number of aryl methyl sites for hydroxylation is 3. The molecule has 0 radical (unpaired) electrons. The van der Waals surface area contributed by atoms with Crippen LogP contribution in [-0.4, -0.2) is 60.7 Å². The molecule has 0 saturated carbocycles. The molecule has 3 heterocycles. The van der Waals surface area contributed by atoms with Crippen LogP contribution in [0.3, 0.4) is 0 Å². The van der Waals surface area contributed by atoms with Gasteiger partial charge in [0, 0.05) is 26.7 Å². The van der Waals surface area contributed by atoms with E-state index in [-0.39, 0.29) is 5.91 Å². The van der Waals surface area contributed by atoms with Gasteiger partial charge in [0.25, 0.3) is 5.91 Å². The molecule has 1 fully saturated rings. The molecule has 1 aliphatic rings. The average molecular weight is 395 g/mol. The number of nitrogens with zero attached hydrogens (tertiary/aromatic N) is 6. The van der Waals surface area contributed by atoms with Crippen molar-refractivity contribution < 1.29 is 4.79 Å². The van der Waals surface area contributed by atoms with Crippen LogP contribution in [0, 0.1) is 6.92 Å². The van der Waals surface area contributed by atoms with E-state index < -0.39 is 0 Å². The second kappa shape index (κ2) is 7.99. The average Bonchev–Trinajstić information content (AvgIpc) is 3.39. The largest absolute Gasteiger partial charge is 0.330 e. The zero-order valence-electron chi connectivity index (χ0n) is 17.8. The van der Waals surface area contributed by atoms with Crippen molar-refractivity contribution in [2.24, 2.45) is 14.1 Å². The Balaban J connectivity index is 1.66. The summed E-state index contributed by atoms with van der Waals surface area (Å²) in [6, 6.07) is 10.4. The van der Waals surface area contributed by atoms with Crippen LogP contribution in [0.25, 0.3) is 11.0 Å². The summed E-state index contributed by atoms with van der Waals surface area (Å²) in [5, 5.41) is 4.37. The molecule has 29 heavy (non-hydrogen) atoms. The van der Waals surface area contributed by atoms with E-state index in [9.17, 15) is 4.79 Å². The monoisotopic (exact) mass is 394 g/mol. The summed E-state index contributed by atoms with van der Waals surface area (Å²) >= 11 is 0. The standard InChI is InChI=1S/C22H30N6O/c1-5-27-12-8-9-17(27)14-28(22(29)20-13-16(2)24-26(20)4)15-21-23-18-10-6-7-11-19(18)25(21)3/h6-7,10-11,13,17H,5,8-9,12,14-15H2,1-4H3/t17-/m1/s1. The SMILES string of the molecule is CCN1CCC[C@@H]1CN(Cc1nc2ccccc2n1C)C(=O)c1cc(C)nn1C. The number of hydrogen-bond acceptors (Lipinski definition) is 4. The number of imidazole rings is 1. The number of likely N-dealkylation sites (tertiary alicyclic amines) is 1. The van der Waals surface area contributed by atoms with Crippen LogP contribution in [0.15, 0.2) is 30.3 Å². The molecule has 154 valence electrons. The van der Waals surface area contributed by atoms with Gasteiger partial charge >= 0.3 is 0 Å². The molecule has 0 aliphatic carbocycles. The quantitative estimate of drug-likeness (QED) is 0.645. The van der Waals surface area contributed by atoms with Crippen molar-refractivity contribution in [1.29, 1.82) is 0 Å². The third-order valence-electron chi connectivity index (χ3n) is 6.06. The number of hydrogen-bond donors (Lipinski definition) is 0. The first-order valence-corrected chi connectivity index (χ1v) is 10.4. The van der Waals surface area contributed by atoms with Crippen LogP contribution in [0.1, 0.15) is 41.8 Å². The first-order chi connectivity index (χ1) is 14.0. The van der Waals surface area contributed by atoms with E-state index in [1.54, 1.807) is 4.68 Å². The van der Waals surface area contributed by atoms with E-state index >= 15 is 0 Å². The molecule has 0 N–H and O–H groups in total. The molecule has 7 heteroatoms. The van der Waals surface area contributed by atoms with Crippen LogP contribution in [0.2, 0.25) is 0 Å². The molecule has 1 atom stereocenters. The van der Waals surface area contributed by atoms with E-state index in [2.05, 4.69) is 27.6 Å². The maximum atomic E-state index is 13.5. The number of amides is 1. The van der Waals surface area contributed by atoms with Crippen molar-refractivity contribution in [3.05, 3.63) is 47.5 Å². The van der Waals surface area contributed by atoms with Gasteiger partial charge in [0.15, 0.2) is 0 Å². The highest BCUT2D eigenvalue weighted by Crippen LogP contribution is 2.21. The Morgan fingerprint density at radius 2 is 2.07 bits per heavy atom. The highest BCUT2D eigenvalue weighted by molar-refractivity contribution is 5.92. The number of para-hydroxylation sites is 2. The molecule has 1 amide bonds. The van der Waals surface area contributed by atoms with Crippen molar-refractivity contribution in [1.82, 2.24) is 29.1 Å². The summed E-state index contributed by atoms with van der Waals surface area (Å²) in [7, 11) is 3.86. The molecular formula is C22H30N6O. The van der Waals surface area contributed by atoms with Gasteiger partial charge in [-0.1, -0.05) is 19.1 Å². The number of benzene rings is 1. The van der Waals surface area contributed by atoms with E-state index in [1.807, 2.05) is 50.2 Å². The lowest BCUT2D eigenvalue weighted by atomic mass is 10.2. The third kappa shape index (κ3) is 3.79. The van der Waals surface area contributed by atoms with Crippen LogP contribution < -0.4 is 0 Å². The zero-order chi connectivity index (χ0) is 20.5. The molecule has 1 saturated heterocycles. The van der Waals surface area contributed by atoms with Crippen molar-refractivity contribution in [2.75, 3.05) is 19.6 Å². The number of aromatic nitrogens is 4. The Morgan fingerprint density at radius 1 is 1.28 bits per heavy atom. The maximum absolute atomic E-state index is 13.5. The summed E-state index contributed by atoms with van der Waals surface area (Å²) < 4.78 is 3.78. The third-order valence-corrected chi connectivity index (χ3v) is 6.06. The summed E-state index contributed by atoms with van der Waals surface area (Å²) in [6.45, 7) is 7.44. The molecule has 3 aromatic rings. The lowest BCUT2D eigenvalue weighted by Gasteiger charge is -2.30. The molecule has 1 aliphatic heterocycles. The number of carbonyl (C=O) groups is 1. The first kappa shape index (κ1) is 19.6. The highest BCUT2D eigenvalue weighted by atomic mass is 16.2. The smallest absolute Gasteiger partial charge is 0.272 e. The van der Waals surface area contributed by atoms with E-state index in [0.29, 0.717) is 24.8 Å². The van der Waals surface area contributed by atoms with Crippen LogP contribution in [0.5, 0.6) is 0 Å². The minimum absolute atomic E-state index is 0.0168. The Kier molecular flexibility index (Phi) is 5.41. The number of fused-ring (bicyclic) bond motifs is 1. The van der Waals surface area contributed by atoms with Crippen LogP contribution in [-0.2, 0) is 20.6 Å².